The van der Waals surface area contributed by atoms with Crippen LogP contribution in [-0.2, 0) is 5.33 Å². The van der Waals surface area contributed by atoms with Gasteiger partial charge in [0.25, 0.3) is 0 Å². The van der Waals surface area contributed by atoms with Gasteiger partial charge in [-0.1, -0.05) is 35.3 Å². The van der Waals surface area contributed by atoms with E-state index in [1.54, 1.807) is 0 Å². The van der Waals surface area contributed by atoms with E-state index in [1.807, 2.05) is 0 Å². The Kier molecular flexibility index (Phi) is 4.49. The van der Waals surface area contributed by atoms with Gasteiger partial charge in [-0.05, 0) is 48.9 Å². The van der Waals surface area contributed by atoms with Gasteiger partial charge in [0.1, 0.15) is 0 Å². The lowest BCUT2D eigenvalue weighted by molar-refractivity contribution is 0.395. The highest BCUT2D eigenvalue weighted by atomic mass is 79.9. The van der Waals surface area contributed by atoms with Gasteiger partial charge < -0.3 is 4.90 Å². The van der Waals surface area contributed by atoms with Crippen molar-refractivity contribution in [3.63, 3.8) is 0 Å². The summed E-state index contributed by atoms with van der Waals surface area (Å²) in [6.45, 7) is 6.98. The molecule has 0 radical (unpaired) electrons. The Bertz CT molecular complexity index is 367. The number of halogens is 1. The van der Waals surface area contributed by atoms with Gasteiger partial charge in [0.15, 0.2) is 0 Å². The molecular weight excluding hydrogens is 274 g/mol. The van der Waals surface area contributed by atoms with Crippen LogP contribution in [0.5, 0.6) is 0 Å². The van der Waals surface area contributed by atoms with Crippen LogP contribution in [-0.4, -0.2) is 13.1 Å². The summed E-state index contributed by atoms with van der Waals surface area (Å²) in [5.41, 5.74) is 4.20. The van der Waals surface area contributed by atoms with E-state index in [9.17, 15) is 0 Å². The van der Waals surface area contributed by atoms with Crippen LogP contribution in [0.1, 0.15) is 37.3 Å². The first-order chi connectivity index (χ1) is 8.24. The molecule has 1 heterocycles. The monoisotopic (exact) mass is 295 g/mol. The quantitative estimate of drug-likeness (QED) is 0.741. The van der Waals surface area contributed by atoms with Gasteiger partial charge in [0.2, 0.25) is 0 Å². The summed E-state index contributed by atoms with van der Waals surface area (Å²) >= 11 is 3.53. The molecule has 94 valence electrons. The zero-order chi connectivity index (χ0) is 12.3. The SMILES string of the molecule is CCC1CCN(c2ccc(CBr)c(C)c2)CC1. The average molecular weight is 296 g/mol. The zero-order valence-corrected chi connectivity index (χ0v) is 12.5. The van der Waals surface area contributed by atoms with Crippen LogP contribution in [0.25, 0.3) is 0 Å². The first kappa shape index (κ1) is 12.9. The first-order valence-corrected chi connectivity index (χ1v) is 7.77. The number of alkyl halides is 1. The molecule has 1 aliphatic rings. The molecule has 0 saturated carbocycles. The van der Waals surface area contributed by atoms with E-state index in [0.29, 0.717) is 0 Å². The molecule has 1 nitrogen and oxygen atoms in total. The fraction of sp³-hybridized carbons (Fsp3) is 0.600. The maximum Gasteiger partial charge on any atom is 0.0369 e. The van der Waals surface area contributed by atoms with Crippen molar-refractivity contribution in [2.24, 2.45) is 5.92 Å². The van der Waals surface area contributed by atoms with E-state index < -0.39 is 0 Å². The lowest BCUT2D eigenvalue weighted by Crippen LogP contribution is -2.33. The summed E-state index contributed by atoms with van der Waals surface area (Å²) < 4.78 is 0. The van der Waals surface area contributed by atoms with Gasteiger partial charge in [0.05, 0.1) is 0 Å². The van der Waals surface area contributed by atoms with Crippen molar-refractivity contribution in [2.45, 2.75) is 38.4 Å². The van der Waals surface area contributed by atoms with Crippen LogP contribution in [0.2, 0.25) is 0 Å². The van der Waals surface area contributed by atoms with E-state index >= 15 is 0 Å². The molecule has 0 unspecified atom stereocenters. The lowest BCUT2D eigenvalue weighted by Gasteiger charge is -2.33. The Balaban J connectivity index is 2.06. The Hall–Kier alpha value is -0.500. The van der Waals surface area contributed by atoms with Crippen molar-refractivity contribution in [2.75, 3.05) is 18.0 Å². The number of nitrogens with zero attached hydrogens (tertiary/aromatic N) is 1. The van der Waals surface area contributed by atoms with Crippen molar-refractivity contribution >= 4 is 21.6 Å². The second-order valence-electron chi connectivity index (χ2n) is 5.08. The number of hydrogen-bond donors (Lipinski definition) is 0. The highest BCUT2D eigenvalue weighted by Crippen LogP contribution is 2.26. The molecule has 1 aromatic carbocycles. The fourth-order valence-corrected chi connectivity index (χ4v) is 3.26. The number of benzene rings is 1. The molecule has 0 atom stereocenters. The van der Waals surface area contributed by atoms with Crippen molar-refractivity contribution in [3.8, 4) is 0 Å². The summed E-state index contributed by atoms with van der Waals surface area (Å²) in [5, 5.41) is 0.955. The zero-order valence-electron chi connectivity index (χ0n) is 10.9. The Morgan fingerprint density at radius 2 is 2.00 bits per heavy atom. The van der Waals surface area contributed by atoms with E-state index in [4.69, 9.17) is 0 Å². The predicted molar refractivity (Wildman–Crippen MR) is 79.0 cm³/mol. The second-order valence-corrected chi connectivity index (χ2v) is 5.64. The molecule has 1 saturated heterocycles. The lowest BCUT2D eigenvalue weighted by atomic mass is 9.94. The minimum Gasteiger partial charge on any atom is -0.372 e. The summed E-state index contributed by atoms with van der Waals surface area (Å²) in [4.78, 5) is 2.54. The number of hydrogen-bond acceptors (Lipinski definition) is 1. The molecule has 0 amide bonds. The molecule has 0 aromatic heterocycles. The number of piperidine rings is 1. The van der Waals surface area contributed by atoms with Crippen molar-refractivity contribution < 1.29 is 0 Å². The molecule has 0 aliphatic carbocycles. The van der Waals surface area contributed by atoms with Gasteiger partial charge in [-0.2, -0.15) is 0 Å². The van der Waals surface area contributed by atoms with Crippen molar-refractivity contribution in [1.82, 2.24) is 0 Å². The largest absolute Gasteiger partial charge is 0.372 e. The summed E-state index contributed by atoms with van der Waals surface area (Å²) in [6.07, 6.45) is 4.06. The Morgan fingerprint density at radius 3 is 2.53 bits per heavy atom. The average Bonchev–Trinajstić information content (AvgIpc) is 2.39. The van der Waals surface area contributed by atoms with Crippen LogP contribution in [0.4, 0.5) is 5.69 Å². The molecule has 2 heteroatoms. The Labute approximate surface area is 113 Å². The van der Waals surface area contributed by atoms with Gasteiger partial charge in [-0.25, -0.2) is 0 Å². The third-order valence-electron chi connectivity index (χ3n) is 4.03. The minimum atomic E-state index is 0.953. The third-order valence-corrected chi connectivity index (χ3v) is 4.63. The normalized spacial score (nSPS) is 17.5. The number of aryl methyl sites for hydroxylation is 1. The van der Waals surface area contributed by atoms with Crippen LogP contribution in [0, 0.1) is 12.8 Å². The molecule has 0 spiro atoms. The molecule has 2 rings (SSSR count). The molecule has 17 heavy (non-hydrogen) atoms. The summed E-state index contributed by atoms with van der Waals surface area (Å²) in [5.74, 6) is 0.953. The molecule has 0 N–H and O–H groups in total. The maximum atomic E-state index is 3.53. The first-order valence-electron chi connectivity index (χ1n) is 6.65. The predicted octanol–water partition coefficient (Wildman–Crippen LogP) is 4.52. The van der Waals surface area contributed by atoms with Gasteiger partial charge >= 0.3 is 0 Å². The molecule has 1 fully saturated rings. The molecule has 1 aliphatic heterocycles. The smallest absolute Gasteiger partial charge is 0.0369 e. The molecule has 0 bridgehead atoms. The third kappa shape index (κ3) is 3.04. The van der Waals surface area contributed by atoms with Gasteiger partial charge in [-0.15, -0.1) is 0 Å². The molecule has 1 aromatic rings. The second kappa shape index (κ2) is 5.90. The van der Waals surface area contributed by atoms with E-state index in [-0.39, 0.29) is 0 Å². The van der Waals surface area contributed by atoms with Crippen LogP contribution in [0.15, 0.2) is 18.2 Å². The summed E-state index contributed by atoms with van der Waals surface area (Å²) in [6, 6.07) is 6.87. The van der Waals surface area contributed by atoms with Crippen molar-refractivity contribution in [3.05, 3.63) is 29.3 Å². The molecular formula is C15H22BrN. The summed E-state index contributed by atoms with van der Waals surface area (Å²) in [7, 11) is 0. The maximum absolute atomic E-state index is 3.53. The van der Waals surface area contributed by atoms with E-state index in [2.05, 4.69) is 52.9 Å². The van der Waals surface area contributed by atoms with Crippen molar-refractivity contribution in [1.29, 1.82) is 0 Å². The van der Waals surface area contributed by atoms with Crippen LogP contribution in [0.3, 0.4) is 0 Å². The Morgan fingerprint density at radius 1 is 1.29 bits per heavy atom. The topological polar surface area (TPSA) is 3.24 Å². The standard InChI is InChI=1S/C15H22BrN/c1-3-13-6-8-17(9-7-13)15-5-4-14(11-16)12(2)10-15/h4-5,10,13H,3,6-9,11H2,1-2H3. The van der Waals surface area contributed by atoms with Crippen LogP contribution < -0.4 is 4.90 Å². The van der Waals surface area contributed by atoms with Gasteiger partial charge in [0, 0.05) is 24.1 Å². The van der Waals surface area contributed by atoms with Gasteiger partial charge in [-0.3, -0.25) is 0 Å². The highest BCUT2D eigenvalue weighted by molar-refractivity contribution is 9.08. The highest BCUT2D eigenvalue weighted by Gasteiger charge is 2.18. The van der Waals surface area contributed by atoms with Crippen LogP contribution >= 0.6 is 15.9 Å². The minimum absolute atomic E-state index is 0.953. The number of anilines is 1. The van der Waals surface area contributed by atoms with E-state index in [0.717, 1.165) is 11.2 Å². The van der Waals surface area contributed by atoms with E-state index in [1.165, 1.54) is 49.2 Å². The number of rotatable bonds is 3. The fourth-order valence-electron chi connectivity index (χ4n) is 2.63.